The van der Waals surface area contributed by atoms with Crippen LogP contribution in [0.2, 0.25) is 0 Å². The average Bonchev–Trinajstić information content (AvgIpc) is 3.13. The van der Waals surface area contributed by atoms with Gasteiger partial charge in [0.25, 0.3) is 0 Å². The third-order valence-corrected chi connectivity index (χ3v) is 5.25. The summed E-state index contributed by atoms with van der Waals surface area (Å²) in [7, 11) is 0. The number of benzene rings is 2. The minimum atomic E-state index is 0.779. The summed E-state index contributed by atoms with van der Waals surface area (Å²) in [5.74, 6) is 1.69. The van der Waals surface area contributed by atoms with Crippen LogP contribution in [-0.2, 0) is 13.0 Å². The van der Waals surface area contributed by atoms with Crippen molar-refractivity contribution in [1.82, 2.24) is 25.1 Å². The van der Waals surface area contributed by atoms with Crippen molar-refractivity contribution in [2.45, 2.75) is 32.7 Å². The number of hydrogen-bond acceptors (Lipinski definition) is 4. The second kappa shape index (κ2) is 7.79. The van der Waals surface area contributed by atoms with Crippen molar-refractivity contribution in [3.63, 3.8) is 0 Å². The van der Waals surface area contributed by atoms with Gasteiger partial charge in [-0.2, -0.15) is 4.68 Å². The molecule has 2 aromatic carbocycles. The third kappa shape index (κ3) is 3.99. The van der Waals surface area contributed by atoms with E-state index in [4.69, 9.17) is 0 Å². The highest BCUT2D eigenvalue weighted by Crippen LogP contribution is 2.22. The van der Waals surface area contributed by atoms with Crippen LogP contribution in [0.5, 0.6) is 0 Å². The van der Waals surface area contributed by atoms with Crippen molar-refractivity contribution in [1.29, 1.82) is 0 Å². The molecule has 3 aromatic rings. The van der Waals surface area contributed by atoms with E-state index in [9.17, 15) is 0 Å². The lowest BCUT2D eigenvalue weighted by Gasteiger charge is -2.31. The van der Waals surface area contributed by atoms with Gasteiger partial charge in [-0.05, 0) is 73.3 Å². The summed E-state index contributed by atoms with van der Waals surface area (Å²) in [6.07, 6.45) is 3.66. The Morgan fingerprint density at radius 3 is 2.42 bits per heavy atom. The number of aryl methyl sites for hydroxylation is 1. The largest absolute Gasteiger partial charge is 0.296 e. The summed E-state index contributed by atoms with van der Waals surface area (Å²) < 4.78 is 1.86. The summed E-state index contributed by atoms with van der Waals surface area (Å²) >= 11 is 0. The normalized spacial score (nSPS) is 16.0. The van der Waals surface area contributed by atoms with Crippen molar-refractivity contribution >= 4 is 0 Å². The summed E-state index contributed by atoms with van der Waals surface area (Å²) in [5, 5.41) is 12.3. The van der Waals surface area contributed by atoms with Crippen molar-refractivity contribution in [3.05, 3.63) is 71.5 Å². The lowest BCUT2D eigenvalue weighted by molar-refractivity contribution is 0.172. The molecule has 1 aliphatic heterocycles. The summed E-state index contributed by atoms with van der Waals surface area (Å²) in [4.78, 5) is 2.47. The van der Waals surface area contributed by atoms with Crippen LogP contribution in [0.15, 0.2) is 54.6 Å². The molecule has 0 amide bonds. The van der Waals surface area contributed by atoms with E-state index in [1.54, 1.807) is 0 Å². The van der Waals surface area contributed by atoms with Gasteiger partial charge in [0.05, 0.1) is 12.2 Å². The first-order valence-electron chi connectivity index (χ1n) is 9.38. The van der Waals surface area contributed by atoms with E-state index in [-0.39, 0.29) is 0 Å². The molecule has 0 spiro atoms. The van der Waals surface area contributed by atoms with Crippen LogP contribution >= 0.6 is 0 Å². The molecule has 1 aromatic heterocycles. The first-order valence-corrected chi connectivity index (χ1v) is 9.38. The molecule has 0 saturated carbocycles. The van der Waals surface area contributed by atoms with Gasteiger partial charge in [-0.3, -0.25) is 4.90 Å². The highest BCUT2D eigenvalue weighted by atomic mass is 15.5. The van der Waals surface area contributed by atoms with Crippen LogP contribution in [0, 0.1) is 12.8 Å². The number of hydrogen-bond donors (Lipinski definition) is 0. The lowest BCUT2D eigenvalue weighted by Crippen LogP contribution is -2.34. The Hall–Kier alpha value is -2.53. The molecule has 0 aliphatic carbocycles. The predicted octanol–water partition coefficient (Wildman–Crippen LogP) is 3.43. The SMILES string of the molecule is Cc1ccc(-n2nnnc2CN2CCC(Cc3ccccc3)CC2)cc1. The molecule has 5 nitrogen and oxygen atoms in total. The van der Waals surface area contributed by atoms with E-state index >= 15 is 0 Å². The topological polar surface area (TPSA) is 46.8 Å². The molecule has 4 rings (SSSR count). The molecule has 1 saturated heterocycles. The number of tetrazole rings is 1. The van der Waals surface area contributed by atoms with E-state index in [0.29, 0.717) is 0 Å². The van der Waals surface area contributed by atoms with Gasteiger partial charge in [0.2, 0.25) is 0 Å². The van der Waals surface area contributed by atoms with Gasteiger partial charge in [0.1, 0.15) is 0 Å². The van der Waals surface area contributed by atoms with Crippen LogP contribution in [0.1, 0.15) is 29.8 Å². The van der Waals surface area contributed by atoms with Crippen LogP contribution in [-0.4, -0.2) is 38.2 Å². The molecule has 0 unspecified atom stereocenters. The molecule has 5 heteroatoms. The zero-order chi connectivity index (χ0) is 17.8. The predicted molar refractivity (Wildman–Crippen MR) is 102 cm³/mol. The molecular weight excluding hydrogens is 322 g/mol. The molecule has 1 aliphatic rings. The minimum absolute atomic E-state index is 0.779. The molecule has 0 N–H and O–H groups in total. The van der Waals surface area contributed by atoms with E-state index in [0.717, 1.165) is 37.1 Å². The highest BCUT2D eigenvalue weighted by Gasteiger charge is 2.21. The maximum atomic E-state index is 4.26. The monoisotopic (exact) mass is 347 g/mol. The minimum Gasteiger partial charge on any atom is -0.296 e. The number of piperidine rings is 1. The van der Waals surface area contributed by atoms with Crippen molar-refractivity contribution in [2.24, 2.45) is 5.92 Å². The molecule has 0 radical (unpaired) electrons. The van der Waals surface area contributed by atoms with E-state index in [1.165, 1.54) is 30.4 Å². The lowest BCUT2D eigenvalue weighted by atomic mass is 9.90. The number of aromatic nitrogens is 4. The Labute approximate surface area is 154 Å². The van der Waals surface area contributed by atoms with Gasteiger partial charge in [-0.1, -0.05) is 48.0 Å². The van der Waals surface area contributed by atoms with E-state index in [1.807, 2.05) is 4.68 Å². The fourth-order valence-electron chi connectivity index (χ4n) is 3.69. The first kappa shape index (κ1) is 16.9. The average molecular weight is 347 g/mol. The Morgan fingerprint density at radius 1 is 0.962 bits per heavy atom. The Morgan fingerprint density at radius 2 is 1.69 bits per heavy atom. The zero-order valence-electron chi connectivity index (χ0n) is 15.3. The maximum Gasteiger partial charge on any atom is 0.170 e. The van der Waals surface area contributed by atoms with Crippen molar-refractivity contribution in [2.75, 3.05) is 13.1 Å². The fourth-order valence-corrected chi connectivity index (χ4v) is 3.69. The van der Waals surface area contributed by atoms with Crippen molar-refractivity contribution in [3.8, 4) is 5.69 Å². The van der Waals surface area contributed by atoms with Gasteiger partial charge >= 0.3 is 0 Å². The van der Waals surface area contributed by atoms with Gasteiger partial charge < -0.3 is 0 Å². The van der Waals surface area contributed by atoms with Gasteiger partial charge in [0, 0.05) is 0 Å². The quantitative estimate of drug-likeness (QED) is 0.709. The second-order valence-electron chi connectivity index (χ2n) is 7.25. The highest BCUT2D eigenvalue weighted by molar-refractivity contribution is 5.33. The smallest absolute Gasteiger partial charge is 0.170 e. The number of nitrogens with zero attached hydrogens (tertiary/aromatic N) is 5. The second-order valence-corrected chi connectivity index (χ2v) is 7.25. The van der Waals surface area contributed by atoms with E-state index in [2.05, 4.69) is 81.9 Å². The standard InChI is InChI=1S/C21H25N5/c1-17-7-9-20(10-8-17)26-21(22-23-24-26)16-25-13-11-19(12-14-25)15-18-5-3-2-4-6-18/h2-10,19H,11-16H2,1H3. The Balaban J connectivity index is 1.35. The summed E-state index contributed by atoms with van der Waals surface area (Å²) in [6, 6.07) is 19.2. The third-order valence-electron chi connectivity index (χ3n) is 5.25. The van der Waals surface area contributed by atoms with Gasteiger partial charge in [0.15, 0.2) is 5.82 Å². The molecule has 134 valence electrons. The Bertz CT molecular complexity index is 817. The molecule has 0 bridgehead atoms. The van der Waals surface area contributed by atoms with Crippen LogP contribution in [0.3, 0.4) is 0 Å². The van der Waals surface area contributed by atoms with Gasteiger partial charge in [-0.15, -0.1) is 5.10 Å². The number of likely N-dealkylation sites (tertiary alicyclic amines) is 1. The molecular formula is C21H25N5. The van der Waals surface area contributed by atoms with E-state index < -0.39 is 0 Å². The number of rotatable bonds is 5. The fraction of sp³-hybridized carbons (Fsp3) is 0.381. The maximum absolute atomic E-state index is 4.26. The first-order chi connectivity index (χ1) is 12.8. The van der Waals surface area contributed by atoms with Crippen molar-refractivity contribution < 1.29 is 0 Å². The Kier molecular flexibility index (Phi) is 5.07. The zero-order valence-corrected chi connectivity index (χ0v) is 15.3. The van der Waals surface area contributed by atoms with Crippen LogP contribution in [0.25, 0.3) is 5.69 Å². The molecule has 0 atom stereocenters. The van der Waals surface area contributed by atoms with Crippen LogP contribution in [0.4, 0.5) is 0 Å². The summed E-state index contributed by atoms with van der Waals surface area (Å²) in [6.45, 7) is 5.11. The molecule has 1 fully saturated rings. The molecule has 2 heterocycles. The molecule has 26 heavy (non-hydrogen) atoms. The van der Waals surface area contributed by atoms with Crippen LogP contribution < -0.4 is 0 Å². The van der Waals surface area contributed by atoms with Gasteiger partial charge in [-0.25, -0.2) is 0 Å². The summed E-state index contributed by atoms with van der Waals surface area (Å²) in [5.41, 5.74) is 3.72.